The smallest absolute Gasteiger partial charge is 0.240 e. The number of hydrogen-bond acceptors (Lipinski definition) is 5. The van der Waals surface area contributed by atoms with Crippen LogP contribution in [0.4, 0.5) is 0 Å². The van der Waals surface area contributed by atoms with Crippen molar-refractivity contribution in [2.24, 2.45) is 5.10 Å². The maximum atomic E-state index is 10.6. The van der Waals surface area contributed by atoms with Gasteiger partial charge in [0.25, 0.3) is 0 Å². The predicted octanol–water partition coefficient (Wildman–Crippen LogP) is -0.400. The second kappa shape index (κ2) is 3.11. The Bertz CT molecular complexity index is 201. The van der Waals surface area contributed by atoms with E-state index in [1.165, 1.54) is 20.3 Å². The minimum Gasteiger partial charge on any atom is -0.481 e. The first-order valence-corrected chi connectivity index (χ1v) is 2.88. The van der Waals surface area contributed by atoms with Crippen molar-refractivity contribution in [3.63, 3.8) is 0 Å². The van der Waals surface area contributed by atoms with E-state index < -0.39 is 0 Å². The average molecular weight is 158 g/mol. The maximum Gasteiger partial charge on any atom is 0.240 e. The molecule has 1 aliphatic rings. The minimum atomic E-state index is 0.204. The Hall–Kier alpha value is -1.43. The third kappa shape index (κ3) is 1.74. The van der Waals surface area contributed by atoms with E-state index in [9.17, 15) is 5.21 Å². The Kier molecular flexibility index (Phi) is 2.17. The molecule has 0 saturated carbocycles. The third-order valence-corrected chi connectivity index (χ3v) is 1.08. The second-order valence-corrected chi connectivity index (χ2v) is 1.74. The van der Waals surface area contributed by atoms with Crippen LogP contribution in [-0.4, -0.2) is 25.4 Å². The van der Waals surface area contributed by atoms with Crippen LogP contribution >= 0.6 is 0 Å². The van der Waals surface area contributed by atoms with E-state index >= 15 is 0 Å². The van der Waals surface area contributed by atoms with Crippen molar-refractivity contribution in [2.75, 3.05) is 14.2 Å². The molecule has 0 atom stereocenters. The Morgan fingerprint density at radius 3 is 2.82 bits per heavy atom. The van der Waals surface area contributed by atoms with Gasteiger partial charge in [0, 0.05) is 0 Å². The number of nitrogens with zero attached hydrogens (tertiary/aromatic N) is 2. The van der Waals surface area contributed by atoms with E-state index in [0.29, 0.717) is 5.88 Å². The molecule has 0 aromatic carbocycles. The van der Waals surface area contributed by atoms with Crippen molar-refractivity contribution in [2.45, 2.75) is 0 Å². The number of methoxy groups -OCH3 is 2. The van der Waals surface area contributed by atoms with Crippen molar-refractivity contribution in [3.05, 3.63) is 12.0 Å². The summed E-state index contributed by atoms with van der Waals surface area (Å²) >= 11 is 0. The molecule has 1 heterocycles. The number of rotatable bonds is 1. The van der Waals surface area contributed by atoms with Crippen LogP contribution in [0.1, 0.15) is 0 Å². The summed E-state index contributed by atoms with van der Waals surface area (Å²) < 4.78 is 9.45. The van der Waals surface area contributed by atoms with Crippen LogP contribution in [0.2, 0.25) is 0 Å². The topological polar surface area (TPSA) is 66.0 Å². The monoisotopic (exact) mass is 158 g/mol. The second-order valence-electron chi connectivity index (χ2n) is 1.74. The molecule has 1 rings (SSSR count). The Balaban J connectivity index is 2.71. The van der Waals surface area contributed by atoms with Gasteiger partial charge >= 0.3 is 0 Å². The van der Waals surface area contributed by atoms with Crippen molar-refractivity contribution < 1.29 is 14.7 Å². The van der Waals surface area contributed by atoms with Crippen LogP contribution in [-0.2, 0) is 14.7 Å². The largest absolute Gasteiger partial charge is 0.481 e. The summed E-state index contributed by atoms with van der Waals surface area (Å²) in [4.78, 5) is 0. The molecule has 0 fully saturated rings. The van der Waals surface area contributed by atoms with Crippen LogP contribution in [0.15, 0.2) is 17.1 Å². The molecule has 1 radical (unpaired) electrons. The molecule has 11 heavy (non-hydrogen) atoms. The normalized spacial score (nSPS) is 16.5. The van der Waals surface area contributed by atoms with Crippen LogP contribution in [0, 0.1) is 0 Å². The van der Waals surface area contributed by atoms with E-state index in [-0.39, 0.29) is 11.2 Å². The Morgan fingerprint density at radius 1 is 1.55 bits per heavy atom. The number of ether oxygens (including phenoxy) is 2. The molecule has 0 saturated heterocycles. The first kappa shape index (κ1) is 7.67. The highest BCUT2D eigenvalue weighted by Crippen LogP contribution is 2.00. The molecule has 0 unspecified atom stereocenters. The Labute approximate surface area is 63.6 Å². The summed E-state index contributed by atoms with van der Waals surface area (Å²) in [5.74, 6) is 0.502. The molecule has 0 spiro atoms. The lowest BCUT2D eigenvalue weighted by atomic mass is 10.5. The molecule has 0 amide bonds. The summed E-state index contributed by atoms with van der Waals surface area (Å²) in [7, 11) is 2.85. The van der Waals surface area contributed by atoms with Gasteiger partial charge in [-0.2, -0.15) is 0 Å². The molecule has 1 N–H and O–H groups in total. The summed E-state index contributed by atoms with van der Waals surface area (Å²) in [5, 5.41) is 14.3. The predicted molar refractivity (Wildman–Crippen MR) is 35.2 cm³/mol. The van der Waals surface area contributed by atoms with Gasteiger partial charge in [-0.1, -0.05) is 5.10 Å². The van der Waals surface area contributed by atoms with E-state index in [1.54, 1.807) is 0 Å². The van der Waals surface area contributed by atoms with Gasteiger partial charge < -0.3 is 9.47 Å². The van der Waals surface area contributed by atoms with E-state index in [1.807, 2.05) is 0 Å². The van der Waals surface area contributed by atoms with Gasteiger partial charge in [0.1, 0.15) is 0 Å². The zero-order valence-corrected chi connectivity index (χ0v) is 6.20. The van der Waals surface area contributed by atoms with Gasteiger partial charge in [-0.3, -0.25) is 0 Å². The standard InChI is InChI=1S/C5H8N3O3/c1-10-4-3-5(11-2)7-8(9)6-4/h3,6H,1-2H3. The molecular formula is C5H8N3O3. The lowest BCUT2D eigenvalue weighted by molar-refractivity contribution is -0.199. The quantitative estimate of drug-likeness (QED) is 0.563. The SMILES string of the molecule is COC1=CC(OC)=NN([O])N1. The lowest BCUT2D eigenvalue weighted by Crippen LogP contribution is -2.34. The molecule has 61 valence electrons. The van der Waals surface area contributed by atoms with Gasteiger partial charge in [0.05, 0.1) is 20.3 Å². The summed E-state index contributed by atoms with van der Waals surface area (Å²) in [6.45, 7) is 0. The van der Waals surface area contributed by atoms with Gasteiger partial charge in [0.15, 0.2) is 0 Å². The summed E-state index contributed by atoms with van der Waals surface area (Å²) in [6, 6.07) is 0. The lowest BCUT2D eigenvalue weighted by Gasteiger charge is -2.17. The molecule has 0 aromatic rings. The van der Waals surface area contributed by atoms with Crippen molar-refractivity contribution >= 4 is 5.90 Å². The highest BCUT2D eigenvalue weighted by molar-refractivity contribution is 5.88. The molecule has 1 aliphatic heterocycles. The van der Waals surface area contributed by atoms with E-state index in [4.69, 9.17) is 9.47 Å². The van der Waals surface area contributed by atoms with Gasteiger partial charge in [-0.25, -0.2) is 5.43 Å². The average Bonchev–Trinajstić information content (AvgIpc) is 2.03. The number of hydrogen-bond donors (Lipinski definition) is 1. The van der Waals surface area contributed by atoms with Gasteiger partial charge in [-0.05, 0) is 10.5 Å². The van der Waals surface area contributed by atoms with Crippen LogP contribution in [0.5, 0.6) is 0 Å². The van der Waals surface area contributed by atoms with E-state index in [2.05, 4.69) is 10.5 Å². The summed E-state index contributed by atoms with van der Waals surface area (Å²) in [6.07, 6.45) is 1.47. The summed E-state index contributed by atoms with van der Waals surface area (Å²) in [5.41, 5.74) is 2.28. The third-order valence-electron chi connectivity index (χ3n) is 1.08. The zero-order chi connectivity index (χ0) is 8.27. The van der Waals surface area contributed by atoms with Crippen molar-refractivity contribution in [1.29, 1.82) is 0 Å². The first-order valence-electron chi connectivity index (χ1n) is 2.88. The molecular weight excluding hydrogens is 150 g/mol. The first-order chi connectivity index (χ1) is 5.26. The molecule has 0 bridgehead atoms. The zero-order valence-electron chi connectivity index (χ0n) is 6.20. The fraction of sp³-hybridized carbons (Fsp3) is 0.400. The number of hydrazone groups is 1. The highest BCUT2D eigenvalue weighted by Gasteiger charge is 2.11. The van der Waals surface area contributed by atoms with Crippen molar-refractivity contribution in [3.8, 4) is 0 Å². The van der Waals surface area contributed by atoms with Gasteiger partial charge in [0.2, 0.25) is 11.8 Å². The molecule has 0 aromatic heterocycles. The fourth-order valence-corrected chi connectivity index (χ4v) is 0.586. The van der Waals surface area contributed by atoms with Crippen LogP contribution < -0.4 is 5.43 Å². The van der Waals surface area contributed by atoms with Crippen LogP contribution in [0.25, 0.3) is 0 Å². The molecule has 6 nitrogen and oxygen atoms in total. The Morgan fingerprint density at radius 2 is 2.27 bits per heavy atom. The molecule has 6 heteroatoms. The number of nitrogens with one attached hydrogen (secondary N) is 1. The minimum absolute atomic E-state index is 0.204. The van der Waals surface area contributed by atoms with Gasteiger partial charge in [-0.15, -0.1) is 0 Å². The maximum absolute atomic E-state index is 10.6. The van der Waals surface area contributed by atoms with Crippen LogP contribution in [0.3, 0.4) is 0 Å². The fourth-order valence-electron chi connectivity index (χ4n) is 0.586. The molecule has 0 aliphatic carbocycles. The highest BCUT2D eigenvalue weighted by atomic mass is 16.6. The number of hydrazine groups is 1. The van der Waals surface area contributed by atoms with Crippen molar-refractivity contribution in [1.82, 2.24) is 10.7 Å². The van der Waals surface area contributed by atoms with E-state index in [0.717, 1.165) is 0 Å².